The van der Waals surface area contributed by atoms with E-state index in [2.05, 4.69) is 4.90 Å². The number of hydrogen-bond donors (Lipinski definition) is 1. The zero-order chi connectivity index (χ0) is 12.8. The standard InChI is InChI=1S/C13H22N2O3/c1-10(12(16)14-4-6-18-7-5-14)15-8-13(17,9-15)11-2-3-11/h10-11,17H,2-9H2,1H3. The third-order valence-corrected chi connectivity index (χ3v) is 4.52. The highest BCUT2D eigenvalue weighted by molar-refractivity contribution is 5.81. The van der Waals surface area contributed by atoms with Gasteiger partial charge in [0, 0.05) is 26.2 Å². The van der Waals surface area contributed by atoms with Crippen LogP contribution in [-0.2, 0) is 9.53 Å². The van der Waals surface area contributed by atoms with Crippen molar-refractivity contribution in [1.82, 2.24) is 9.80 Å². The molecule has 2 aliphatic heterocycles. The summed E-state index contributed by atoms with van der Waals surface area (Å²) in [5, 5.41) is 10.3. The van der Waals surface area contributed by atoms with Gasteiger partial charge in [-0.2, -0.15) is 0 Å². The fraction of sp³-hybridized carbons (Fsp3) is 0.923. The summed E-state index contributed by atoms with van der Waals surface area (Å²) in [6.45, 7) is 5.96. The normalized spacial score (nSPS) is 29.8. The Labute approximate surface area is 108 Å². The lowest BCUT2D eigenvalue weighted by atomic mass is 9.87. The number of likely N-dealkylation sites (tertiary alicyclic amines) is 1. The van der Waals surface area contributed by atoms with E-state index in [-0.39, 0.29) is 11.9 Å². The van der Waals surface area contributed by atoms with Gasteiger partial charge in [-0.1, -0.05) is 0 Å². The molecule has 0 aromatic rings. The first kappa shape index (κ1) is 12.4. The van der Waals surface area contributed by atoms with E-state index in [1.54, 1.807) is 0 Å². The predicted molar refractivity (Wildman–Crippen MR) is 66.1 cm³/mol. The maximum atomic E-state index is 12.3. The Balaban J connectivity index is 1.52. The molecular weight excluding hydrogens is 232 g/mol. The van der Waals surface area contributed by atoms with Crippen molar-refractivity contribution in [3.05, 3.63) is 0 Å². The van der Waals surface area contributed by atoms with Gasteiger partial charge in [0.15, 0.2) is 0 Å². The summed E-state index contributed by atoms with van der Waals surface area (Å²) in [7, 11) is 0. The van der Waals surface area contributed by atoms with E-state index in [0.717, 1.165) is 12.8 Å². The van der Waals surface area contributed by atoms with Crippen LogP contribution in [0.25, 0.3) is 0 Å². The number of ether oxygens (including phenoxy) is 1. The quantitative estimate of drug-likeness (QED) is 0.751. The summed E-state index contributed by atoms with van der Waals surface area (Å²) in [5.74, 6) is 0.663. The molecule has 1 saturated carbocycles. The van der Waals surface area contributed by atoms with Crippen LogP contribution in [0.4, 0.5) is 0 Å². The summed E-state index contributed by atoms with van der Waals surface area (Å²) in [4.78, 5) is 16.2. The minimum Gasteiger partial charge on any atom is -0.387 e. The van der Waals surface area contributed by atoms with E-state index in [1.807, 2.05) is 11.8 Å². The maximum Gasteiger partial charge on any atom is 0.239 e. The molecule has 0 radical (unpaired) electrons. The van der Waals surface area contributed by atoms with Crippen molar-refractivity contribution in [2.24, 2.45) is 5.92 Å². The molecular formula is C13H22N2O3. The van der Waals surface area contributed by atoms with E-state index < -0.39 is 5.60 Å². The van der Waals surface area contributed by atoms with Crippen molar-refractivity contribution >= 4 is 5.91 Å². The van der Waals surface area contributed by atoms with E-state index in [9.17, 15) is 9.90 Å². The average molecular weight is 254 g/mol. The Bertz CT molecular complexity index is 331. The molecule has 0 spiro atoms. The summed E-state index contributed by atoms with van der Waals surface area (Å²) >= 11 is 0. The largest absolute Gasteiger partial charge is 0.387 e. The second kappa shape index (κ2) is 4.47. The lowest BCUT2D eigenvalue weighted by molar-refractivity contribution is -0.157. The maximum absolute atomic E-state index is 12.3. The molecule has 0 aromatic heterocycles. The van der Waals surface area contributed by atoms with Gasteiger partial charge in [0.25, 0.3) is 0 Å². The van der Waals surface area contributed by atoms with Crippen LogP contribution < -0.4 is 0 Å². The summed E-state index contributed by atoms with van der Waals surface area (Å²) < 4.78 is 5.26. The smallest absolute Gasteiger partial charge is 0.239 e. The highest BCUT2D eigenvalue weighted by Crippen LogP contribution is 2.45. The van der Waals surface area contributed by atoms with Gasteiger partial charge in [-0.3, -0.25) is 9.69 Å². The number of nitrogens with zero attached hydrogens (tertiary/aromatic N) is 2. The van der Waals surface area contributed by atoms with Crippen molar-refractivity contribution < 1.29 is 14.6 Å². The Kier molecular flexibility index (Phi) is 3.08. The molecule has 18 heavy (non-hydrogen) atoms. The van der Waals surface area contributed by atoms with Crippen molar-refractivity contribution in [3.63, 3.8) is 0 Å². The third kappa shape index (κ3) is 2.15. The molecule has 1 atom stereocenters. The number of hydrogen-bond acceptors (Lipinski definition) is 4. The van der Waals surface area contributed by atoms with Crippen molar-refractivity contribution in [2.45, 2.75) is 31.4 Å². The average Bonchev–Trinajstić information content (AvgIpc) is 3.19. The van der Waals surface area contributed by atoms with Gasteiger partial charge in [-0.25, -0.2) is 0 Å². The number of carbonyl (C=O) groups excluding carboxylic acids is 1. The second-order valence-corrected chi connectivity index (χ2v) is 5.90. The molecule has 0 aromatic carbocycles. The van der Waals surface area contributed by atoms with Crippen molar-refractivity contribution in [2.75, 3.05) is 39.4 Å². The van der Waals surface area contributed by atoms with Crippen molar-refractivity contribution in [3.8, 4) is 0 Å². The van der Waals surface area contributed by atoms with Crippen molar-refractivity contribution in [1.29, 1.82) is 0 Å². The molecule has 1 unspecified atom stereocenters. The van der Waals surface area contributed by atoms with Gasteiger partial charge in [0.1, 0.15) is 0 Å². The minimum atomic E-state index is -0.500. The number of β-amino-alcohol motifs (C(OH)–C–C–N with tert-alkyl or cyclic N) is 1. The zero-order valence-electron chi connectivity index (χ0n) is 11.0. The molecule has 3 rings (SSSR count). The number of morpholine rings is 1. The van der Waals surface area contributed by atoms with Gasteiger partial charge >= 0.3 is 0 Å². The number of rotatable bonds is 3. The van der Waals surface area contributed by atoms with E-state index in [1.165, 1.54) is 0 Å². The Hall–Kier alpha value is -0.650. The minimum absolute atomic E-state index is 0.109. The molecule has 2 heterocycles. The summed E-state index contributed by atoms with van der Waals surface area (Å²) in [6.07, 6.45) is 2.30. The van der Waals surface area contributed by atoms with Gasteiger partial charge in [0.2, 0.25) is 5.91 Å². The molecule has 5 nitrogen and oxygen atoms in total. The Morgan fingerprint density at radius 3 is 2.50 bits per heavy atom. The fourth-order valence-corrected chi connectivity index (χ4v) is 3.01. The Morgan fingerprint density at radius 2 is 1.94 bits per heavy atom. The first-order chi connectivity index (χ1) is 8.60. The highest BCUT2D eigenvalue weighted by Gasteiger charge is 2.53. The number of carbonyl (C=O) groups is 1. The summed E-state index contributed by atoms with van der Waals surface area (Å²) in [6, 6.07) is -0.109. The molecule has 1 N–H and O–H groups in total. The SMILES string of the molecule is CC(C(=O)N1CCOCC1)N1CC(O)(C2CC2)C1. The van der Waals surface area contributed by atoms with Crippen LogP contribution in [0.1, 0.15) is 19.8 Å². The van der Waals surface area contributed by atoms with Crippen LogP contribution in [0.5, 0.6) is 0 Å². The topological polar surface area (TPSA) is 53.0 Å². The molecule has 0 bridgehead atoms. The molecule has 1 amide bonds. The van der Waals surface area contributed by atoms with Crippen LogP contribution in [0.3, 0.4) is 0 Å². The van der Waals surface area contributed by atoms with Crippen LogP contribution in [0.2, 0.25) is 0 Å². The predicted octanol–water partition coefficient (Wildman–Crippen LogP) is -0.310. The van der Waals surface area contributed by atoms with Gasteiger partial charge in [-0.15, -0.1) is 0 Å². The second-order valence-electron chi connectivity index (χ2n) is 5.90. The van der Waals surface area contributed by atoms with E-state index in [0.29, 0.717) is 45.3 Å². The lowest BCUT2D eigenvalue weighted by Gasteiger charge is -2.50. The zero-order valence-corrected chi connectivity index (χ0v) is 11.0. The van der Waals surface area contributed by atoms with Gasteiger partial charge < -0.3 is 14.7 Å². The molecule has 3 aliphatic rings. The van der Waals surface area contributed by atoms with Crippen LogP contribution in [-0.4, -0.2) is 71.8 Å². The summed E-state index contributed by atoms with van der Waals surface area (Å²) in [5.41, 5.74) is -0.500. The molecule has 2 saturated heterocycles. The van der Waals surface area contributed by atoms with E-state index >= 15 is 0 Å². The highest BCUT2D eigenvalue weighted by atomic mass is 16.5. The lowest BCUT2D eigenvalue weighted by Crippen LogP contribution is -2.67. The number of amides is 1. The molecule has 5 heteroatoms. The fourth-order valence-electron chi connectivity index (χ4n) is 3.01. The monoisotopic (exact) mass is 254 g/mol. The third-order valence-electron chi connectivity index (χ3n) is 4.52. The first-order valence-corrected chi connectivity index (χ1v) is 6.93. The van der Waals surface area contributed by atoms with E-state index in [4.69, 9.17) is 4.74 Å². The van der Waals surface area contributed by atoms with Crippen LogP contribution >= 0.6 is 0 Å². The first-order valence-electron chi connectivity index (χ1n) is 6.93. The van der Waals surface area contributed by atoms with Gasteiger partial charge in [-0.05, 0) is 25.7 Å². The molecule has 1 aliphatic carbocycles. The molecule has 3 fully saturated rings. The van der Waals surface area contributed by atoms with Crippen LogP contribution in [0.15, 0.2) is 0 Å². The van der Waals surface area contributed by atoms with Gasteiger partial charge in [0.05, 0.1) is 24.9 Å². The number of aliphatic hydroxyl groups is 1. The van der Waals surface area contributed by atoms with Crippen LogP contribution in [0, 0.1) is 5.92 Å². The Morgan fingerprint density at radius 1 is 1.33 bits per heavy atom. The molecule has 102 valence electrons.